The van der Waals surface area contributed by atoms with E-state index >= 15 is 0 Å². The van der Waals surface area contributed by atoms with Crippen LogP contribution in [-0.4, -0.2) is 18.4 Å². The first-order chi connectivity index (χ1) is 4.75. The minimum absolute atomic E-state index is 0.0336. The van der Waals surface area contributed by atoms with Gasteiger partial charge in [0.2, 0.25) is 0 Å². The van der Waals surface area contributed by atoms with Crippen LogP contribution in [0.3, 0.4) is 0 Å². The smallest absolute Gasteiger partial charge is 0.152 e. The third-order valence-corrected chi connectivity index (χ3v) is 1.82. The molecule has 0 radical (unpaired) electrons. The number of hydrogen-bond acceptors (Lipinski definition) is 3. The van der Waals surface area contributed by atoms with Crippen molar-refractivity contribution in [3.63, 3.8) is 0 Å². The number of ketones is 1. The standard InChI is InChI=1S/C7H10N2O/c1-5-6(4-8)7(10)2-3-9-5/h5-6,9H,2-3H2,1H3/t5-,6?/m0/s1. The molecule has 0 aromatic rings. The van der Waals surface area contributed by atoms with Crippen LogP contribution in [0.1, 0.15) is 13.3 Å². The maximum absolute atomic E-state index is 11.0. The summed E-state index contributed by atoms with van der Waals surface area (Å²) in [5.74, 6) is -0.345. The van der Waals surface area contributed by atoms with Gasteiger partial charge in [-0.1, -0.05) is 0 Å². The fraction of sp³-hybridized carbons (Fsp3) is 0.714. The molecule has 1 aliphatic rings. The van der Waals surface area contributed by atoms with Crippen molar-refractivity contribution in [1.82, 2.24) is 5.32 Å². The molecule has 3 heteroatoms. The Morgan fingerprint density at radius 3 is 2.90 bits per heavy atom. The molecule has 0 aromatic carbocycles. The summed E-state index contributed by atoms with van der Waals surface area (Å²) in [6, 6.07) is 2.02. The number of hydrogen-bond donors (Lipinski definition) is 1. The van der Waals surface area contributed by atoms with Gasteiger partial charge in [0.25, 0.3) is 0 Å². The number of nitrogens with zero attached hydrogens (tertiary/aromatic N) is 1. The summed E-state index contributed by atoms with van der Waals surface area (Å²) in [6.45, 7) is 2.59. The molecule has 2 atom stereocenters. The van der Waals surface area contributed by atoms with Gasteiger partial charge in [-0.15, -0.1) is 0 Å². The van der Waals surface area contributed by atoms with Crippen molar-refractivity contribution < 1.29 is 4.79 Å². The van der Waals surface area contributed by atoms with Gasteiger partial charge in [-0.05, 0) is 6.92 Å². The lowest BCUT2D eigenvalue weighted by Gasteiger charge is -2.22. The van der Waals surface area contributed by atoms with E-state index in [1.807, 2.05) is 13.0 Å². The zero-order valence-corrected chi connectivity index (χ0v) is 5.92. The first kappa shape index (κ1) is 7.23. The van der Waals surface area contributed by atoms with E-state index in [-0.39, 0.29) is 11.8 Å². The summed E-state index contributed by atoms with van der Waals surface area (Å²) >= 11 is 0. The Bertz CT molecular complexity index is 183. The molecule has 0 aliphatic carbocycles. The number of Topliss-reactive ketones (excluding diaryl/α,β-unsaturated/α-hetero) is 1. The van der Waals surface area contributed by atoms with E-state index in [4.69, 9.17) is 5.26 Å². The number of rotatable bonds is 0. The van der Waals surface area contributed by atoms with E-state index in [1.165, 1.54) is 0 Å². The van der Waals surface area contributed by atoms with E-state index in [9.17, 15) is 4.79 Å². The topological polar surface area (TPSA) is 52.9 Å². The van der Waals surface area contributed by atoms with Gasteiger partial charge in [0.15, 0.2) is 5.78 Å². The fourth-order valence-corrected chi connectivity index (χ4v) is 1.16. The first-order valence-electron chi connectivity index (χ1n) is 3.41. The predicted octanol–water partition coefficient (Wildman–Crippen LogP) is 0.0771. The molecular weight excluding hydrogens is 128 g/mol. The van der Waals surface area contributed by atoms with Gasteiger partial charge in [-0.3, -0.25) is 4.79 Å². The lowest BCUT2D eigenvalue weighted by atomic mass is 9.92. The van der Waals surface area contributed by atoms with E-state index in [2.05, 4.69) is 5.32 Å². The number of piperidine rings is 1. The van der Waals surface area contributed by atoms with Crippen molar-refractivity contribution in [2.75, 3.05) is 6.54 Å². The van der Waals surface area contributed by atoms with Crippen molar-refractivity contribution in [2.45, 2.75) is 19.4 Å². The zero-order valence-electron chi connectivity index (χ0n) is 5.92. The maximum atomic E-state index is 11.0. The molecular formula is C7H10N2O. The second-order valence-corrected chi connectivity index (χ2v) is 2.57. The molecule has 0 saturated carbocycles. The number of carbonyl (C=O) groups excluding carboxylic acids is 1. The molecule has 1 N–H and O–H groups in total. The second-order valence-electron chi connectivity index (χ2n) is 2.57. The minimum atomic E-state index is -0.422. The van der Waals surface area contributed by atoms with Gasteiger partial charge in [0.1, 0.15) is 5.92 Å². The summed E-state index contributed by atoms with van der Waals surface area (Å²) in [5, 5.41) is 11.6. The van der Waals surface area contributed by atoms with Crippen molar-refractivity contribution in [1.29, 1.82) is 5.26 Å². The highest BCUT2D eigenvalue weighted by Gasteiger charge is 2.27. The average molecular weight is 138 g/mol. The maximum Gasteiger partial charge on any atom is 0.152 e. The highest BCUT2D eigenvalue weighted by atomic mass is 16.1. The molecule has 0 spiro atoms. The van der Waals surface area contributed by atoms with Crippen LogP contribution in [0.4, 0.5) is 0 Å². The quantitative estimate of drug-likeness (QED) is 0.515. The normalized spacial score (nSPS) is 33.4. The molecule has 0 amide bonds. The molecule has 0 aromatic heterocycles. The molecule has 10 heavy (non-hydrogen) atoms. The Morgan fingerprint density at radius 2 is 2.50 bits per heavy atom. The molecule has 0 bridgehead atoms. The molecule has 1 rings (SSSR count). The van der Waals surface area contributed by atoms with Crippen LogP contribution >= 0.6 is 0 Å². The van der Waals surface area contributed by atoms with Gasteiger partial charge < -0.3 is 5.32 Å². The van der Waals surface area contributed by atoms with Crippen LogP contribution in [0.2, 0.25) is 0 Å². The van der Waals surface area contributed by atoms with Gasteiger partial charge in [0, 0.05) is 19.0 Å². The molecule has 1 unspecified atom stereocenters. The monoisotopic (exact) mass is 138 g/mol. The van der Waals surface area contributed by atoms with E-state index in [0.717, 1.165) is 6.54 Å². The second kappa shape index (κ2) is 2.80. The van der Waals surface area contributed by atoms with Crippen LogP contribution in [0, 0.1) is 17.2 Å². The van der Waals surface area contributed by atoms with Crippen molar-refractivity contribution in [3.05, 3.63) is 0 Å². The van der Waals surface area contributed by atoms with Crippen molar-refractivity contribution in [3.8, 4) is 6.07 Å². The van der Waals surface area contributed by atoms with E-state index in [1.54, 1.807) is 0 Å². The largest absolute Gasteiger partial charge is 0.312 e. The first-order valence-corrected chi connectivity index (χ1v) is 3.41. The summed E-state index contributed by atoms with van der Waals surface area (Å²) in [5.41, 5.74) is 0. The Labute approximate surface area is 60.0 Å². The minimum Gasteiger partial charge on any atom is -0.312 e. The number of nitrogens with one attached hydrogen (secondary N) is 1. The average Bonchev–Trinajstić information content (AvgIpc) is 1.88. The molecule has 1 heterocycles. The van der Waals surface area contributed by atoms with Gasteiger partial charge in [0.05, 0.1) is 6.07 Å². The lowest BCUT2D eigenvalue weighted by Crippen LogP contribution is -2.43. The van der Waals surface area contributed by atoms with E-state index in [0.29, 0.717) is 6.42 Å². The molecule has 1 fully saturated rings. The highest BCUT2D eigenvalue weighted by molar-refractivity contribution is 5.84. The van der Waals surface area contributed by atoms with Crippen LogP contribution < -0.4 is 5.32 Å². The van der Waals surface area contributed by atoms with Crippen LogP contribution in [0.25, 0.3) is 0 Å². The number of nitriles is 1. The Morgan fingerprint density at radius 1 is 1.80 bits per heavy atom. The third kappa shape index (κ3) is 1.17. The van der Waals surface area contributed by atoms with E-state index < -0.39 is 5.92 Å². The Balaban J connectivity index is 2.65. The molecule has 3 nitrogen and oxygen atoms in total. The predicted molar refractivity (Wildman–Crippen MR) is 36.2 cm³/mol. The number of carbonyl (C=O) groups is 1. The summed E-state index contributed by atoms with van der Waals surface area (Å²) < 4.78 is 0. The van der Waals surface area contributed by atoms with Crippen LogP contribution in [0.5, 0.6) is 0 Å². The third-order valence-electron chi connectivity index (χ3n) is 1.82. The summed E-state index contributed by atoms with van der Waals surface area (Å²) in [4.78, 5) is 11.0. The van der Waals surface area contributed by atoms with Crippen LogP contribution in [-0.2, 0) is 4.79 Å². The zero-order chi connectivity index (χ0) is 7.56. The van der Waals surface area contributed by atoms with Gasteiger partial charge in [-0.25, -0.2) is 0 Å². The van der Waals surface area contributed by atoms with Crippen LogP contribution in [0.15, 0.2) is 0 Å². The lowest BCUT2D eigenvalue weighted by molar-refractivity contribution is -0.123. The van der Waals surface area contributed by atoms with Gasteiger partial charge in [-0.2, -0.15) is 5.26 Å². The van der Waals surface area contributed by atoms with Crippen molar-refractivity contribution in [2.24, 2.45) is 5.92 Å². The molecule has 1 saturated heterocycles. The Hall–Kier alpha value is -0.880. The molecule has 54 valence electrons. The highest BCUT2D eigenvalue weighted by Crippen LogP contribution is 2.10. The Kier molecular flexibility index (Phi) is 2.03. The van der Waals surface area contributed by atoms with Crippen molar-refractivity contribution >= 4 is 5.78 Å². The summed E-state index contributed by atoms with van der Waals surface area (Å²) in [7, 11) is 0. The van der Waals surface area contributed by atoms with Gasteiger partial charge >= 0.3 is 0 Å². The molecule has 1 aliphatic heterocycles. The summed E-state index contributed by atoms with van der Waals surface area (Å²) in [6.07, 6.45) is 0.503. The fourth-order valence-electron chi connectivity index (χ4n) is 1.16. The SMILES string of the molecule is C[C@@H]1NCCC(=O)C1C#N.